The molecule has 0 bridgehead atoms. The van der Waals surface area contributed by atoms with Crippen LogP contribution in [0.15, 0.2) is 40.6 Å². The smallest absolute Gasteiger partial charge is 0.328 e. The van der Waals surface area contributed by atoms with Crippen LogP contribution in [0.1, 0.15) is 25.7 Å². The lowest BCUT2D eigenvalue weighted by Gasteiger charge is -2.05. The maximum absolute atomic E-state index is 11.4. The Labute approximate surface area is 110 Å². The van der Waals surface area contributed by atoms with Crippen LogP contribution in [0.25, 0.3) is 0 Å². The summed E-state index contributed by atoms with van der Waals surface area (Å²) in [5.41, 5.74) is -0.674. The molecule has 6 heteroatoms. The summed E-state index contributed by atoms with van der Waals surface area (Å²) in [7, 11) is 0. The minimum Gasteiger partial charge on any atom is -0.337 e. The Morgan fingerprint density at radius 1 is 1.05 bits per heavy atom. The molecule has 2 aromatic rings. The monoisotopic (exact) mass is 262 g/mol. The quantitative estimate of drug-likeness (QED) is 0.756. The van der Waals surface area contributed by atoms with Gasteiger partial charge in [0.05, 0.1) is 6.33 Å². The molecule has 1 N–H and O–H groups in total. The zero-order chi connectivity index (χ0) is 13.5. The van der Waals surface area contributed by atoms with E-state index in [-0.39, 0.29) is 11.2 Å². The number of aromatic nitrogens is 4. The van der Waals surface area contributed by atoms with Crippen LogP contribution in [-0.4, -0.2) is 19.1 Å². The topological polar surface area (TPSA) is 72.7 Å². The predicted molar refractivity (Wildman–Crippen MR) is 72.0 cm³/mol. The van der Waals surface area contributed by atoms with Crippen molar-refractivity contribution < 1.29 is 0 Å². The van der Waals surface area contributed by atoms with E-state index in [1.807, 2.05) is 12.5 Å². The van der Waals surface area contributed by atoms with Gasteiger partial charge in [0.25, 0.3) is 5.56 Å². The molecule has 2 aromatic heterocycles. The van der Waals surface area contributed by atoms with Crippen LogP contribution in [0.2, 0.25) is 0 Å². The van der Waals surface area contributed by atoms with E-state index < -0.39 is 0 Å². The third kappa shape index (κ3) is 4.24. The third-order valence-electron chi connectivity index (χ3n) is 3.02. The lowest BCUT2D eigenvalue weighted by atomic mass is 10.2. The van der Waals surface area contributed by atoms with Crippen molar-refractivity contribution in [3.05, 3.63) is 51.8 Å². The fourth-order valence-corrected chi connectivity index (χ4v) is 1.97. The number of hydrogen-bond donors (Lipinski definition) is 1. The van der Waals surface area contributed by atoms with Crippen LogP contribution in [0.5, 0.6) is 0 Å². The highest BCUT2D eigenvalue weighted by Gasteiger charge is 1.97. The van der Waals surface area contributed by atoms with E-state index >= 15 is 0 Å². The van der Waals surface area contributed by atoms with Crippen LogP contribution in [-0.2, 0) is 13.1 Å². The first kappa shape index (κ1) is 13.3. The number of unbranched alkanes of at least 4 members (excludes halogenated alkanes) is 3. The van der Waals surface area contributed by atoms with Crippen molar-refractivity contribution in [2.24, 2.45) is 0 Å². The van der Waals surface area contributed by atoms with Gasteiger partial charge in [0.15, 0.2) is 0 Å². The van der Waals surface area contributed by atoms with Crippen molar-refractivity contribution >= 4 is 0 Å². The van der Waals surface area contributed by atoms with Gasteiger partial charge in [0, 0.05) is 37.7 Å². The van der Waals surface area contributed by atoms with E-state index in [1.54, 1.807) is 12.4 Å². The van der Waals surface area contributed by atoms with Gasteiger partial charge in [-0.2, -0.15) is 0 Å². The molecule has 0 saturated heterocycles. The van der Waals surface area contributed by atoms with E-state index in [2.05, 4.69) is 14.5 Å². The summed E-state index contributed by atoms with van der Waals surface area (Å²) in [5, 5.41) is 0. The Bertz CT molecular complexity index is 598. The van der Waals surface area contributed by atoms with Gasteiger partial charge in [0.2, 0.25) is 0 Å². The van der Waals surface area contributed by atoms with Crippen molar-refractivity contribution in [3.63, 3.8) is 0 Å². The summed E-state index contributed by atoms with van der Waals surface area (Å²) in [6.45, 7) is 1.64. The summed E-state index contributed by atoms with van der Waals surface area (Å²) in [5.74, 6) is 0. The lowest BCUT2D eigenvalue weighted by Crippen LogP contribution is -2.28. The van der Waals surface area contributed by atoms with Gasteiger partial charge in [-0.05, 0) is 12.8 Å². The fourth-order valence-electron chi connectivity index (χ4n) is 1.97. The van der Waals surface area contributed by atoms with E-state index in [4.69, 9.17) is 0 Å². The van der Waals surface area contributed by atoms with Crippen LogP contribution in [0, 0.1) is 0 Å². The van der Waals surface area contributed by atoms with Gasteiger partial charge in [-0.3, -0.25) is 9.78 Å². The fraction of sp³-hybridized carbons (Fsp3) is 0.462. The van der Waals surface area contributed by atoms with Gasteiger partial charge in [0.1, 0.15) is 0 Å². The normalized spacial score (nSPS) is 10.7. The van der Waals surface area contributed by atoms with E-state index in [0.717, 1.165) is 32.2 Å². The Morgan fingerprint density at radius 3 is 2.53 bits per heavy atom. The molecule has 0 aliphatic heterocycles. The van der Waals surface area contributed by atoms with Crippen LogP contribution < -0.4 is 11.2 Å². The molecule has 6 nitrogen and oxygen atoms in total. The van der Waals surface area contributed by atoms with Gasteiger partial charge in [-0.25, -0.2) is 9.78 Å². The zero-order valence-corrected chi connectivity index (χ0v) is 10.8. The number of H-pyrrole nitrogens is 1. The van der Waals surface area contributed by atoms with Gasteiger partial charge in [-0.1, -0.05) is 12.8 Å². The minimum atomic E-state index is -0.346. The highest BCUT2D eigenvalue weighted by atomic mass is 16.2. The molecule has 0 aliphatic rings. The number of aryl methyl sites for hydroxylation is 2. The second kappa shape index (κ2) is 6.72. The minimum absolute atomic E-state index is 0.328. The van der Waals surface area contributed by atoms with Gasteiger partial charge in [-0.15, -0.1) is 0 Å². The molecular weight excluding hydrogens is 244 g/mol. The van der Waals surface area contributed by atoms with Crippen molar-refractivity contribution in [1.29, 1.82) is 0 Å². The third-order valence-corrected chi connectivity index (χ3v) is 3.02. The molecule has 0 fully saturated rings. The lowest BCUT2D eigenvalue weighted by molar-refractivity contribution is 0.528. The predicted octanol–water partition coefficient (Wildman–Crippen LogP) is 0.994. The highest BCUT2D eigenvalue weighted by molar-refractivity contribution is 4.82. The summed E-state index contributed by atoms with van der Waals surface area (Å²) in [6.07, 6.45) is 11.3. The Kier molecular flexibility index (Phi) is 4.72. The maximum Gasteiger partial charge on any atom is 0.328 e. The van der Waals surface area contributed by atoms with Crippen LogP contribution in [0.4, 0.5) is 0 Å². The second-order valence-electron chi connectivity index (χ2n) is 4.52. The Balaban J connectivity index is 1.64. The first-order valence-corrected chi connectivity index (χ1v) is 6.51. The molecule has 0 amide bonds. The van der Waals surface area contributed by atoms with E-state index in [9.17, 15) is 9.59 Å². The van der Waals surface area contributed by atoms with Crippen molar-refractivity contribution in [2.45, 2.75) is 38.8 Å². The first-order chi connectivity index (χ1) is 9.25. The number of nitrogens with zero attached hydrogens (tertiary/aromatic N) is 3. The molecule has 102 valence electrons. The second-order valence-corrected chi connectivity index (χ2v) is 4.52. The largest absolute Gasteiger partial charge is 0.337 e. The summed E-state index contributed by atoms with van der Waals surface area (Å²) in [6, 6.07) is 1.38. The van der Waals surface area contributed by atoms with E-state index in [0.29, 0.717) is 6.54 Å². The molecule has 0 atom stereocenters. The highest BCUT2D eigenvalue weighted by Crippen LogP contribution is 2.03. The summed E-state index contributed by atoms with van der Waals surface area (Å²) >= 11 is 0. The summed E-state index contributed by atoms with van der Waals surface area (Å²) < 4.78 is 3.60. The number of hydrogen-bond acceptors (Lipinski definition) is 3. The molecule has 0 aliphatic carbocycles. The number of rotatable bonds is 7. The van der Waals surface area contributed by atoms with Gasteiger partial charge < -0.3 is 9.13 Å². The van der Waals surface area contributed by atoms with Crippen molar-refractivity contribution in [2.75, 3.05) is 0 Å². The average molecular weight is 262 g/mol. The number of aromatic amines is 1. The number of imidazole rings is 1. The van der Waals surface area contributed by atoms with Crippen LogP contribution in [0.3, 0.4) is 0 Å². The van der Waals surface area contributed by atoms with E-state index in [1.165, 1.54) is 10.6 Å². The molecule has 0 aromatic carbocycles. The summed E-state index contributed by atoms with van der Waals surface area (Å²) in [4.78, 5) is 28.5. The molecular formula is C13H18N4O2. The molecule has 0 saturated carbocycles. The molecule has 0 unspecified atom stereocenters. The molecule has 0 spiro atoms. The van der Waals surface area contributed by atoms with Crippen molar-refractivity contribution in [3.8, 4) is 0 Å². The standard InChI is InChI=1S/C13H18N4O2/c18-12-5-9-17(13(19)15-12)8-4-2-1-3-7-16-10-6-14-11-16/h5-6,9-11H,1-4,7-8H2,(H,15,18,19). The Morgan fingerprint density at radius 2 is 1.84 bits per heavy atom. The first-order valence-electron chi connectivity index (χ1n) is 6.51. The zero-order valence-electron chi connectivity index (χ0n) is 10.8. The van der Waals surface area contributed by atoms with Crippen molar-refractivity contribution in [1.82, 2.24) is 19.1 Å². The Hall–Kier alpha value is -2.11. The maximum atomic E-state index is 11.4. The molecule has 0 radical (unpaired) electrons. The molecule has 2 heterocycles. The number of nitrogens with one attached hydrogen (secondary N) is 1. The molecule has 2 rings (SSSR count). The molecule has 19 heavy (non-hydrogen) atoms. The average Bonchev–Trinajstić information content (AvgIpc) is 2.89. The van der Waals surface area contributed by atoms with Crippen LogP contribution >= 0.6 is 0 Å². The van der Waals surface area contributed by atoms with Gasteiger partial charge >= 0.3 is 5.69 Å². The SMILES string of the molecule is O=c1ccn(CCCCCCn2ccnc2)c(=O)[nH]1.